The van der Waals surface area contributed by atoms with Crippen LogP contribution in [0.15, 0.2) is 163 Å². The van der Waals surface area contributed by atoms with Gasteiger partial charge >= 0.3 is 0 Å². The largest absolute Gasteiger partial charge is 0.310 e. The predicted molar refractivity (Wildman–Crippen MR) is 223 cm³/mol. The number of nitrogens with zero attached hydrogens (tertiary/aromatic N) is 4. The van der Waals surface area contributed by atoms with Crippen LogP contribution in [0.25, 0.3) is 67.0 Å². The van der Waals surface area contributed by atoms with Crippen molar-refractivity contribution in [2.75, 3.05) is 0 Å². The molecule has 3 heterocycles. The third-order valence-electron chi connectivity index (χ3n) is 11.9. The summed E-state index contributed by atoms with van der Waals surface area (Å²) in [6.07, 6.45) is 4.87. The van der Waals surface area contributed by atoms with Crippen LogP contribution in [0.5, 0.6) is 0 Å². The van der Waals surface area contributed by atoms with Gasteiger partial charge in [-0.25, -0.2) is 15.0 Å². The van der Waals surface area contributed by atoms with Crippen LogP contribution in [0.2, 0.25) is 0 Å². The maximum absolute atomic E-state index is 5.30. The van der Waals surface area contributed by atoms with E-state index in [1.54, 1.807) is 0 Å². The molecule has 6 aromatic carbocycles. The van der Waals surface area contributed by atoms with E-state index in [0.717, 1.165) is 22.4 Å². The number of benzene rings is 6. The fourth-order valence-corrected chi connectivity index (χ4v) is 10.8. The quantitative estimate of drug-likeness (QED) is 0.182. The van der Waals surface area contributed by atoms with E-state index in [1.807, 2.05) is 48.2 Å². The molecule has 54 heavy (non-hydrogen) atoms. The number of fused-ring (bicyclic) bond motifs is 9. The standard InChI is InChI=1S/C49H36N4S/c1-48(2)38-22-12-10-20-33(38)35-27-36-34-21-11-14-24-41(34)53(42(36)28-40(35)48)32-26-37(44-49(3,29-32)39-23-13-15-25-43(39)54-44)47-51-45(30-16-6-4-7-17-30)50-46(52-47)31-18-8-5-9-19-31/h4-29,44H,1-3H3. The number of thioether (sulfide) groups is 1. The summed E-state index contributed by atoms with van der Waals surface area (Å²) in [5.74, 6) is 2.06. The zero-order valence-corrected chi connectivity index (χ0v) is 31.1. The molecule has 0 spiro atoms. The Morgan fingerprint density at radius 2 is 1.15 bits per heavy atom. The topological polar surface area (TPSA) is 43.6 Å². The number of hydrogen-bond donors (Lipinski definition) is 0. The van der Waals surface area contributed by atoms with Gasteiger partial charge in [0.1, 0.15) is 0 Å². The summed E-state index contributed by atoms with van der Waals surface area (Å²) in [6, 6.07) is 52.1. The molecule has 2 atom stereocenters. The molecule has 2 aliphatic carbocycles. The monoisotopic (exact) mass is 712 g/mol. The van der Waals surface area contributed by atoms with Crippen molar-refractivity contribution in [3.8, 4) is 33.9 Å². The van der Waals surface area contributed by atoms with E-state index in [1.165, 1.54) is 54.5 Å². The first kappa shape index (κ1) is 31.5. The summed E-state index contributed by atoms with van der Waals surface area (Å²) in [4.78, 5) is 16.9. The lowest BCUT2D eigenvalue weighted by molar-refractivity contribution is 0.625. The van der Waals surface area contributed by atoms with Crippen molar-refractivity contribution in [3.05, 3.63) is 180 Å². The van der Waals surface area contributed by atoms with E-state index in [2.05, 4.69) is 147 Å². The van der Waals surface area contributed by atoms with Crippen molar-refractivity contribution in [1.29, 1.82) is 0 Å². The predicted octanol–water partition coefficient (Wildman–Crippen LogP) is 12.0. The van der Waals surface area contributed by atoms with Crippen molar-refractivity contribution in [2.24, 2.45) is 0 Å². The van der Waals surface area contributed by atoms with Gasteiger partial charge in [0.25, 0.3) is 0 Å². The smallest absolute Gasteiger partial charge is 0.164 e. The van der Waals surface area contributed by atoms with Crippen molar-refractivity contribution in [1.82, 2.24) is 19.5 Å². The number of hydrogen-bond acceptors (Lipinski definition) is 4. The Labute approximate surface area is 319 Å². The maximum Gasteiger partial charge on any atom is 0.164 e. The summed E-state index contributed by atoms with van der Waals surface area (Å²) in [6.45, 7) is 7.12. The molecule has 8 aromatic rings. The molecular formula is C49H36N4S. The number of rotatable bonds is 4. The molecule has 5 heteroatoms. The maximum atomic E-state index is 5.30. The fraction of sp³-hybridized carbons (Fsp3) is 0.122. The second kappa shape index (κ2) is 11.5. The Balaban J connectivity index is 1.20. The highest BCUT2D eigenvalue weighted by Gasteiger charge is 2.48. The molecule has 0 bridgehead atoms. The zero-order valence-electron chi connectivity index (χ0n) is 30.3. The van der Waals surface area contributed by atoms with Crippen molar-refractivity contribution >= 4 is 44.8 Å². The highest BCUT2D eigenvalue weighted by atomic mass is 32.2. The number of aromatic nitrogens is 4. The third-order valence-corrected chi connectivity index (χ3v) is 13.5. The molecule has 0 amide bonds. The highest BCUT2D eigenvalue weighted by Crippen LogP contribution is 2.58. The molecule has 0 fully saturated rings. The van der Waals surface area contributed by atoms with Crippen molar-refractivity contribution in [2.45, 2.75) is 41.7 Å². The van der Waals surface area contributed by atoms with E-state index >= 15 is 0 Å². The van der Waals surface area contributed by atoms with Gasteiger partial charge in [0.15, 0.2) is 17.5 Å². The first-order valence-corrected chi connectivity index (χ1v) is 19.5. The summed E-state index contributed by atoms with van der Waals surface area (Å²) in [7, 11) is 0. The molecule has 258 valence electrons. The first-order chi connectivity index (χ1) is 26.4. The van der Waals surface area contributed by atoms with Gasteiger partial charge in [-0.3, -0.25) is 0 Å². The molecule has 2 unspecified atom stereocenters. The molecule has 0 saturated carbocycles. The second-order valence-electron chi connectivity index (χ2n) is 15.4. The lowest BCUT2D eigenvalue weighted by Crippen LogP contribution is -2.33. The minimum Gasteiger partial charge on any atom is -0.310 e. The molecular weight excluding hydrogens is 677 g/mol. The van der Waals surface area contributed by atoms with Gasteiger partial charge < -0.3 is 4.57 Å². The van der Waals surface area contributed by atoms with Crippen LogP contribution in [0.3, 0.4) is 0 Å². The fourth-order valence-electron chi connectivity index (χ4n) is 9.22. The molecule has 2 aromatic heterocycles. The Kier molecular flexibility index (Phi) is 6.69. The minimum absolute atomic E-state index is 0.0686. The molecule has 0 N–H and O–H groups in total. The number of para-hydroxylation sites is 1. The third kappa shape index (κ3) is 4.48. The Hall–Kier alpha value is -6.04. The van der Waals surface area contributed by atoms with Crippen LogP contribution < -0.4 is 0 Å². The zero-order chi connectivity index (χ0) is 36.2. The van der Waals surface area contributed by atoms with E-state index in [9.17, 15) is 0 Å². The van der Waals surface area contributed by atoms with E-state index in [4.69, 9.17) is 15.0 Å². The van der Waals surface area contributed by atoms with Gasteiger partial charge in [0.2, 0.25) is 0 Å². The Morgan fingerprint density at radius 1 is 0.537 bits per heavy atom. The number of allylic oxidation sites excluding steroid dienone is 3. The normalized spacial score (nSPS) is 19.2. The van der Waals surface area contributed by atoms with Gasteiger partial charge in [0, 0.05) is 48.9 Å². The van der Waals surface area contributed by atoms with Crippen molar-refractivity contribution in [3.63, 3.8) is 0 Å². The van der Waals surface area contributed by atoms with Gasteiger partial charge in [-0.15, -0.1) is 11.8 Å². The minimum atomic E-state index is -0.322. The molecule has 1 aliphatic heterocycles. The van der Waals surface area contributed by atoms with Crippen LogP contribution >= 0.6 is 11.8 Å². The van der Waals surface area contributed by atoms with Gasteiger partial charge in [-0.2, -0.15) is 0 Å². The van der Waals surface area contributed by atoms with Crippen molar-refractivity contribution < 1.29 is 0 Å². The van der Waals surface area contributed by atoms with Crippen LogP contribution in [0.1, 0.15) is 43.3 Å². The van der Waals surface area contributed by atoms with Gasteiger partial charge in [-0.05, 0) is 64.2 Å². The van der Waals surface area contributed by atoms with E-state index in [-0.39, 0.29) is 16.1 Å². The van der Waals surface area contributed by atoms with Crippen LogP contribution in [-0.4, -0.2) is 24.8 Å². The van der Waals surface area contributed by atoms with Gasteiger partial charge in [-0.1, -0.05) is 142 Å². The molecule has 0 radical (unpaired) electrons. The first-order valence-electron chi connectivity index (χ1n) is 18.6. The highest BCUT2D eigenvalue weighted by molar-refractivity contribution is 8.00. The van der Waals surface area contributed by atoms with Crippen LogP contribution in [-0.2, 0) is 10.8 Å². The molecule has 0 saturated heterocycles. The lowest BCUT2D eigenvalue weighted by Gasteiger charge is -2.35. The van der Waals surface area contributed by atoms with E-state index < -0.39 is 0 Å². The molecule has 4 nitrogen and oxygen atoms in total. The Bertz CT molecular complexity index is 2840. The van der Waals surface area contributed by atoms with Crippen LogP contribution in [0, 0.1) is 0 Å². The van der Waals surface area contributed by atoms with Gasteiger partial charge in [0.05, 0.1) is 16.3 Å². The molecule has 11 rings (SSSR count). The van der Waals surface area contributed by atoms with E-state index in [0.29, 0.717) is 17.5 Å². The lowest BCUT2D eigenvalue weighted by atomic mass is 9.73. The summed E-state index contributed by atoms with van der Waals surface area (Å²) in [5, 5.41) is 2.58. The average Bonchev–Trinajstić information content (AvgIpc) is 3.79. The summed E-state index contributed by atoms with van der Waals surface area (Å²) < 4.78 is 2.49. The second-order valence-corrected chi connectivity index (χ2v) is 16.6. The SMILES string of the molecule is CC1(C)c2ccccc2-c2cc3c4ccccc4n(C4=CC5(C)c6ccccc6SC5C(c5nc(-c6ccccc6)nc(-c6ccccc6)n5)=C4)c3cc21. The Morgan fingerprint density at radius 3 is 1.89 bits per heavy atom. The van der Waals surface area contributed by atoms with Crippen LogP contribution in [0.4, 0.5) is 0 Å². The molecule has 3 aliphatic rings. The average molecular weight is 713 g/mol. The summed E-state index contributed by atoms with van der Waals surface area (Å²) in [5.41, 5.74) is 12.9. The summed E-state index contributed by atoms with van der Waals surface area (Å²) >= 11 is 1.92.